The van der Waals surface area contributed by atoms with Gasteiger partial charge in [-0.2, -0.15) is 10.1 Å². The number of nitrogens with zero attached hydrogens (tertiary/aromatic N) is 4. The summed E-state index contributed by atoms with van der Waals surface area (Å²) in [6, 6.07) is 2.00. The first kappa shape index (κ1) is 12.3. The van der Waals surface area contributed by atoms with Crippen LogP contribution in [0, 0.1) is 6.92 Å². The van der Waals surface area contributed by atoms with Crippen molar-refractivity contribution in [3.63, 3.8) is 0 Å². The van der Waals surface area contributed by atoms with Gasteiger partial charge in [-0.25, -0.2) is 10.8 Å². The van der Waals surface area contributed by atoms with Gasteiger partial charge >= 0.3 is 0 Å². The van der Waals surface area contributed by atoms with Gasteiger partial charge in [-0.1, -0.05) is 0 Å². The molecule has 0 aliphatic heterocycles. The Bertz CT molecular complexity index is 520. The Kier molecular flexibility index (Phi) is 3.73. The minimum absolute atomic E-state index is 0.404. The number of anilines is 2. The molecule has 0 saturated heterocycles. The van der Waals surface area contributed by atoms with Gasteiger partial charge in [0.1, 0.15) is 5.82 Å². The van der Waals surface area contributed by atoms with Crippen molar-refractivity contribution < 1.29 is 0 Å². The summed E-state index contributed by atoms with van der Waals surface area (Å²) < 4.78 is 1.79. The number of rotatable bonds is 5. The van der Waals surface area contributed by atoms with Crippen molar-refractivity contribution in [3.05, 3.63) is 29.7 Å². The largest absolute Gasteiger partial charge is 0.369 e. The van der Waals surface area contributed by atoms with Crippen LogP contribution < -0.4 is 16.6 Å². The monoisotopic (exact) mass is 247 g/mol. The van der Waals surface area contributed by atoms with E-state index in [0.29, 0.717) is 5.95 Å². The number of aryl methyl sites for hydroxylation is 2. The molecule has 18 heavy (non-hydrogen) atoms. The van der Waals surface area contributed by atoms with Crippen LogP contribution in [0.1, 0.15) is 11.3 Å². The molecule has 2 aromatic heterocycles. The maximum Gasteiger partial charge on any atom is 0.239 e. The summed E-state index contributed by atoms with van der Waals surface area (Å²) in [4.78, 5) is 8.27. The number of aromatic nitrogens is 4. The Morgan fingerprint density at radius 2 is 2.28 bits per heavy atom. The van der Waals surface area contributed by atoms with Crippen LogP contribution in [0.5, 0.6) is 0 Å². The predicted molar refractivity (Wildman–Crippen MR) is 70.0 cm³/mol. The summed E-state index contributed by atoms with van der Waals surface area (Å²) in [6.07, 6.45) is 4.50. The van der Waals surface area contributed by atoms with Crippen molar-refractivity contribution in [1.82, 2.24) is 19.7 Å². The number of nitrogens with one attached hydrogen (secondary N) is 2. The zero-order valence-electron chi connectivity index (χ0n) is 10.5. The van der Waals surface area contributed by atoms with E-state index >= 15 is 0 Å². The molecule has 0 fully saturated rings. The molecule has 96 valence electrons. The third kappa shape index (κ3) is 2.95. The molecule has 4 N–H and O–H groups in total. The van der Waals surface area contributed by atoms with Crippen LogP contribution in [0.2, 0.25) is 0 Å². The van der Waals surface area contributed by atoms with Gasteiger partial charge < -0.3 is 5.32 Å². The van der Waals surface area contributed by atoms with Gasteiger partial charge in [0.05, 0.1) is 5.69 Å². The summed E-state index contributed by atoms with van der Waals surface area (Å²) >= 11 is 0. The van der Waals surface area contributed by atoms with Crippen LogP contribution >= 0.6 is 0 Å². The van der Waals surface area contributed by atoms with E-state index in [9.17, 15) is 0 Å². The Morgan fingerprint density at radius 3 is 2.94 bits per heavy atom. The van der Waals surface area contributed by atoms with E-state index in [-0.39, 0.29) is 0 Å². The van der Waals surface area contributed by atoms with Crippen LogP contribution in [-0.2, 0) is 13.5 Å². The highest BCUT2D eigenvalue weighted by Gasteiger charge is 2.03. The second-order valence-electron chi connectivity index (χ2n) is 4.03. The van der Waals surface area contributed by atoms with Gasteiger partial charge in [0.25, 0.3) is 0 Å². The Labute approximate surface area is 105 Å². The van der Waals surface area contributed by atoms with Crippen molar-refractivity contribution in [2.75, 3.05) is 17.3 Å². The Hall–Kier alpha value is -2.15. The summed E-state index contributed by atoms with van der Waals surface area (Å²) in [5.74, 6) is 6.47. The molecule has 0 radical (unpaired) electrons. The van der Waals surface area contributed by atoms with Crippen LogP contribution in [0.4, 0.5) is 11.8 Å². The van der Waals surface area contributed by atoms with E-state index < -0.39 is 0 Å². The van der Waals surface area contributed by atoms with E-state index in [0.717, 1.165) is 30.0 Å². The van der Waals surface area contributed by atoms with E-state index in [1.54, 1.807) is 10.9 Å². The van der Waals surface area contributed by atoms with Gasteiger partial charge in [0, 0.05) is 38.0 Å². The number of hydrazine groups is 1. The second-order valence-corrected chi connectivity index (χ2v) is 4.03. The summed E-state index contributed by atoms with van der Waals surface area (Å²) in [5.41, 5.74) is 4.46. The molecule has 0 amide bonds. The van der Waals surface area contributed by atoms with Crippen molar-refractivity contribution in [2.45, 2.75) is 13.3 Å². The number of hydrogen-bond donors (Lipinski definition) is 3. The molecule has 0 bridgehead atoms. The standard InChI is InChI=1S/C11H17N7/c1-8-7-14-11(16-12)15-10(8)13-5-3-9-4-6-18(2)17-9/h4,6-7H,3,5,12H2,1-2H3,(H2,13,14,15,16). The molecule has 0 aromatic carbocycles. The van der Waals surface area contributed by atoms with E-state index in [1.165, 1.54) is 0 Å². The molecule has 2 rings (SSSR count). The van der Waals surface area contributed by atoms with Crippen LogP contribution in [-0.4, -0.2) is 26.3 Å². The first-order chi connectivity index (χ1) is 8.69. The minimum atomic E-state index is 0.404. The SMILES string of the molecule is Cc1cnc(NN)nc1NCCc1ccn(C)n1. The lowest BCUT2D eigenvalue weighted by atomic mass is 10.3. The fourth-order valence-corrected chi connectivity index (χ4v) is 1.60. The first-order valence-electron chi connectivity index (χ1n) is 5.71. The van der Waals surface area contributed by atoms with Crippen LogP contribution in [0.15, 0.2) is 18.5 Å². The zero-order chi connectivity index (χ0) is 13.0. The Balaban J connectivity index is 1.93. The second kappa shape index (κ2) is 5.46. The molecule has 7 nitrogen and oxygen atoms in total. The summed E-state index contributed by atoms with van der Waals surface area (Å²) in [7, 11) is 1.91. The van der Waals surface area contributed by atoms with Crippen molar-refractivity contribution in [2.24, 2.45) is 12.9 Å². The minimum Gasteiger partial charge on any atom is -0.369 e. The zero-order valence-corrected chi connectivity index (χ0v) is 10.5. The molecule has 2 aromatic rings. The highest BCUT2D eigenvalue weighted by atomic mass is 15.3. The van der Waals surface area contributed by atoms with E-state index in [4.69, 9.17) is 5.84 Å². The van der Waals surface area contributed by atoms with E-state index in [1.807, 2.05) is 26.2 Å². The van der Waals surface area contributed by atoms with Crippen LogP contribution in [0.25, 0.3) is 0 Å². The lowest BCUT2D eigenvalue weighted by Gasteiger charge is -2.08. The third-order valence-corrected chi connectivity index (χ3v) is 2.54. The molecule has 7 heteroatoms. The molecule has 0 unspecified atom stereocenters. The maximum absolute atomic E-state index is 5.28. The van der Waals surface area contributed by atoms with Crippen molar-refractivity contribution in [3.8, 4) is 0 Å². The number of nitrogens with two attached hydrogens (primary N) is 1. The number of nitrogen functional groups attached to an aromatic ring is 1. The normalized spacial score (nSPS) is 10.4. The molecule has 0 saturated carbocycles. The Morgan fingerprint density at radius 1 is 1.44 bits per heavy atom. The highest BCUT2D eigenvalue weighted by Crippen LogP contribution is 2.11. The average Bonchev–Trinajstić information content (AvgIpc) is 2.77. The highest BCUT2D eigenvalue weighted by molar-refractivity contribution is 5.46. The maximum atomic E-state index is 5.28. The van der Waals surface area contributed by atoms with Gasteiger partial charge in [-0.05, 0) is 13.0 Å². The molecule has 2 heterocycles. The molecular formula is C11H17N7. The lowest BCUT2D eigenvalue weighted by Crippen LogP contribution is -2.14. The molecular weight excluding hydrogens is 230 g/mol. The van der Waals surface area contributed by atoms with Crippen molar-refractivity contribution in [1.29, 1.82) is 0 Å². The van der Waals surface area contributed by atoms with Crippen molar-refractivity contribution >= 4 is 11.8 Å². The molecule has 0 spiro atoms. The van der Waals surface area contributed by atoms with Gasteiger partial charge in [0.2, 0.25) is 5.95 Å². The lowest BCUT2D eigenvalue weighted by molar-refractivity contribution is 0.741. The fourth-order valence-electron chi connectivity index (χ4n) is 1.60. The predicted octanol–water partition coefficient (Wildman–Crippen LogP) is 0.459. The molecule has 0 aliphatic rings. The van der Waals surface area contributed by atoms with Gasteiger partial charge in [-0.15, -0.1) is 0 Å². The quantitative estimate of drug-likeness (QED) is 0.525. The molecule has 0 atom stereocenters. The van der Waals surface area contributed by atoms with Gasteiger partial charge in [0.15, 0.2) is 0 Å². The number of hydrogen-bond acceptors (Lipinski definition) is 6. The van der Waals surface area contributed by atoms with Crippen LogP contribution in [0.3, 0.4) is 0 Å². The fraction of sp³-hybridized carbons (Fsp3) is 0.364. The summed E-state index contributed by atoms with van der Waals surface area (Å²) in [5, 5.41) is 7.56. The topological polar surface area (TPSA) is 93.7 Å². The average molecular weight is 247 g/mol. The smallest absolute Gasteiger partial charge is 0.239 e. The first-order valence-corrected chi connectivity index (χ1v) is 5.71. The van der Waals surface area contributed by atoms with Gasteiger partial charge in [-0.3, -0.25) is 10.1 Å². The molecule has 0 aliphatic carbocycles. The third-order valence-electron chi connectivity index (χ3n) is 2.54. The summed E-state index contributed by atoms with van der Waals surface area (Å²) in [6.45, 7) is 2.71. The van der Waals surface area contributed by atoms with E-state index in [2.05, 4.69) is 25.8 Å².